The summed E-state index contributed by atoms with van der Waals surface area (Å²) in [6.45, 7) is 3.09. The van der Waals surface area contributed by atoms with Gasteiger partial charge in [0.2, 0.25) is 0 Å². The predicted molar refractivity (Wildman–Crippen MR) is 79.5 cm³/mol. The molecule has 1 aromatic carbocycles. The summed E-state index contributed by atoms with van der Waals surface area (Å²) in [6, 6.07) is 5.94. The Hall–Kier alpha value is -0.530. The summed E-state index contributed by atoms with van der Waals surface area (Å²) in [6.07, 6.45) is 0. The maximum atomic E-state index is 5.76. The second-order valence-electron chi connectivity index (χ2n) is 3.68. The molecule has 0 aliphatic rings. The summed E-state index contributed by atoms with van der Waals surface area (Å²) in [5.74, 6) is 0. The van der Waals surface area contributed by atoms with Crippen LogP contribution in [-0.2, 0) is 9.47 Å². The molecular weight excluding hydrogens is 331 g/mol. The lowest BCUT2D eigenvalue weighted by Crippen LogP contribution is -2.31. The van der Waals surface area contributed by atoms with Gasteiger partial charge in [-0.05, 0) is 40.8 Å². The first-order valence-corrected chi connectivity index (χ1v) is 6.54. The van der Waals surface area contributed by atoms with Crippen molar-refractivity contribution >= 4 is 34.0 Å². The minimum atomic E-state index is 0.699. The van der Waals surface area contributed by atoms with E-state index in [1.807, 2.05) is 18.2 Å². The highest BCUT2D eigenvalue weighted by molar-refractivity contribution is 14.1. The van der Waals surface area contributed by atoms with Gasteiger partial charge < -0.3 is 20.1 Å². The molecular formula is C12H19IN2O2. The molecule has 0 heterocycles. The lowest BCUT2D eigenvalue weighted by atomic mass is 10.2. The fraction of sp³-hybridized carbons (Fsp3) is 0.500. The van der Waals surface area contributed by atoms with Crippen LogP contribution in [0.2, 0.25) is 0 Å². The van der Waals surface area contributed by atoms with E-state index >= 15 is 0 Å². The van der Waals surface area contributed by atoms with Gasteiger partial charge in [-0.25, -0.2) is 0 Å². The molecule has 0 radical (unpaired) electrons. The van der Waals surface area contributed by atoms with Gasteiger partial charge in [-0.1, -0.05) is 0 Å². The molecule has 0 unspecified atom stereocenters. The molecule has 0 aliphatic heterocycles. The van der Waals surface area contributed by atoms with Crippen molar-refractivity contribution in [3.05, 3.63) is 21.8 Å². The van der Waals surface area contributed by atoms with E-state index in [2.05, 4.69) is 27.5 Å². The van der Waals surface area contributed by atoms with Gasteiger partial charge in [-0.3, -0.25) is 0 Å². The van der Waals surface area contributed by atoms with E-state index in [9.17, 15) is 0 Å². The summed E-state index contributed by atoms with van der Waals surface area (Å²) in [5.41, 5.74) is 7.72. The molecule has 1 rings (SSSR count). The van der Waals surface area contributed by atoms with Crippen molar-refractivity contribution in [1.29, 1.82) is 0 Å². The van der Waals surface area contributed by atoms with Crippen LogP contribution in [0.5, 0.6) is 0 Å². The van der Waals surface area contributed by atoms with Crippen LogP contribution in [0.15, 0.2) is 18.2 Å². The fourth-order valence-corrected chi connectivity index (χ4v) is 2.42. The number of halogens is 1. The third-order valence-electron chi connectivity index (χ3n) is 2.44. The molecule has 0 spiro atoms. The monoisotopic (exact) mass is 350 g/mol. The molecule has 0 aliphatic carbocycles. The number of hydrogen-bond acceptors (Lipinski definition) is 4. The Labute approximate surface area is 116 Å². The first kappa shape index (κ1) is 14.5. The van der Waals surface area contributed by atoms with Crippen LogP contribution in [0.25, 0.3) is 0 Å². The van der Waals surface area contributed by atoms with E-state index in [0.29, 0.717) is 13.2 Å². The van der Waals surface area contributed by atoms with Crippen molar-refractivity contribution in [2.24, 2.45) is 0 Å². The zero-order valence-corrected chi connectivity index (χ0v) is 12.4. The van der Waals surface area contributed by atoms with E-state index in [4.69, 9.17) is 15.2 Å². The third-order valence-corrected chi connectivity index (χ3v) is 3.31. The number of benzene rings is 1. The second-order valence-corrected chi connectivity index (χ2v) is 4.85. The molecule has 0 aromatic heterocycles. The zero-order chi connectivity index (χ0) is 12.7. The molecule has 0 saturated heterocycles. The van der Waals surface area contributed by atoms with Crippen molar-refractivity contribution < 1.29 is 9.47 Å². The molecule has 0 amide bonds. The Morgan fingerprint density at radius 1 is 1.18 bits per heavy atom. The number of anilines is 2. The Bertz CT molecular complexity index is 339. The predicted octanol–water partition coefficient (Wildman–Crippen LogP) is 1.97. The highest BCUT2D eigenvalue weighted by Crippen LogP contribution is 2.24. The minimum Gasteiger partial charge on any atom is -0.399 e. The van der Waals surface area contributed by atoms with Crippen molar-refractivity contribution in [1.82, 2.24) is 0 Å². The van der Waals surface area contributed by atoms with Crippen LogP contribution in [0.3, 0.4) is 0 Å². The number of methoxy groups -OCH3 is 2. The van der Waals surface area contributed by atoms with Gasteiger partial charge in [0.1, 0.15) is 0 Å². The van der Waals surface area contributed by atoms with Crippen LogP contribution in [0.1, 0.15) is 0 Å². The smallest absolute Gasteiger partial charge is 0.0637 e. The number of nitrogens with zero attached hydrogens (tertiary/aromatic N) is 1. The summed E-state index contributed by atoms with van der Waals surface area (Å²) in [4.78, 5) is 2.24. The van der Waals surface area contributed by atoms with Gasteiger partial charge in [-0.15, -0.1) is 0 Å². The Morgan fingerprint density at radius 2 is 1.76 bits per heavy atom. The molecule has 5 heteroatoms. The molecule has 0 bridgehead atoms. The van der Waals surface area contributed by atoms with Crippen LogP contribution >= 0.6 is 22.6 Å². The van der Waals surface area contributed by atoms with Crippen LogP contribution in [0, 0.1) is 3.57 Å². The van der Waals surface area contributed by atoms with Crippen LogP contribution < -0.4 is 10.6 Å². The lowest BCUT2D eigenvalue weighted by molar-refractivity contribution is 0.190. The number of nitrogen functional groups attached to an aromatic ring is 1. The third kappa shape index (κ3) is 4.69. The maximum Gasteiger partial charge on any atom is 0.0637 e. The van der Waals surface area contributed by atoms with E-state index < -0.39 is 0 Å². The van der Waals surface area contributed by atoms with E-state index in [1.165, 1.54) is 5.69 Å². The zero-order valence-electron chi connectivity index (χ0n) is 10.3. The van der Waals surface area contributed by atoms with Crippen molar-refractivity contribution in [2.75, 3.05) is 51.2 Å². The molecule has 0 atom stereocenters. The van der Waals surface area contributed by atoms with Crippen molar-refractivity contribution in [3.63, 3.8) is 0 Å². The second kappa shape index (κ2) is 7.73. The van der Waals surface area contributed by atoms with E-state index in [1.54, 1.807) is 14.2 Å². The van der Waals surface area contributed by atoms with Gasteiger partial charge in [0.05, 0.1) is 18.9 Å². The maximum absolute atomic E-state index is 5.76. The number of rotatable bonds is 7. The number of nitrogens with two attached hydrogens (primary N) is 1. The summed E-state index contributed by atoms with van der Waals surface area (Å²) >= 11 is 2.30. The van der Waals surface area contributed by atoms with Gasteiger partial charge in [0, 0.05) is 36.6 Å². The van der Waals surface area contributed by atoms with Crippen molar-refractivity contribution in [2.45, 2.75) is 0 Å². The number of hydrogen-bond donors (Lipinski definition) is 1. The molecule has 0 fully saturated rings. The van der Waals surface area contributed by atoms with Crippen molar-refractivity contribution in [3.8, 4) is 0 Å². The first-order valence-electron chi connectivity index (χ1n) is 5.47. The van der Waals surface area contributed by atoms with Crippen LogP contribution in [0.4, 0.5) is 11.4 Å². The Morgan fingerprint density at radius 3 is 2.24 bits per heavy atom. The van der Waals surface area contributed by atoms with E-state index in [-0.39, 0.29) is 0 Å². The van der Waals surface area contributed by atoms with Gasteiger partial charge in [0.25, 0.3) is 0 Å². The molecule has 4 nitrogen and oxygen atoms in total. The SMILES string of the molecule is COCCN(CCOC)c1ccc(N)cc1I. The largest absolute Gasteiger partial charge is 0.399 e. The molecule has 17 heavy (non-hydrogen) atoms. The lowest BCUT2D eigenvalue weighted by Gasteiger charge is -2.25. The topological polar surface area (TPSA) is 47.7 Å². The van der Waals surface area contributed by atoms with Gasteiger partial charge in [0.15, 0.2) is 0 Å². The highest BCUT2D eigenvalue weighted by atomic mass is 127. The summed E-state index contributed by atoms with van der Waals surface area (Å²) in [5, 5.41) is 0. The average molecular weight is 350 g/mol. The minimum absolute atomic E-state index is 0.699. The highest BCUT2D eigenvalue weighted by Gasteiger charge is 2.09. The molecule has 2 N–H and O–H groups in total. The average Bonchev–Trinajstić information content (AvgIpc) is 2.30. The number of ether oxygens (including phenoxy) is 2. The molecule has 0 saturated carbocycles. The fourth-order valence-electron chi connectivity index (χ4n) is 1.54. The Balaban J connectivity index is 2.79. The standard InChI is InChI=1S/C12H19IN2O2/c1-16-7-5-15(6-8-17-2)12-4-3-10(14)9-11(12)13/h3-4,9H,5-8,14H2,1-2H3. The molecule has 96 valence electrons. The first-order chi connectivity index (χ1) is 8.19. The Kier molecular flexibility index (Phi) is 6.61. The van der Waals surface area contributed by atoms with Gasteiger partial charge >= 0.3 is 0 Å². The quantitative estimate of drug-likeness (QED) is 0.604. The van der Waals surface area contributed by atoms with Crippen LogP contribution in [-0.4, -0.2) is 40.5 Å². The normalized spacial score (nSPS) is 10.5. The van der Waals surface area contributed by atoms with E-state index in [0.717, 1.165) is 22.3 Å². The molecule has 1 aromatic rings. The summed E-state index contributed by atoms with van der Waals surface area (Å²) < 4.78 is 11.4. The summed E-state index contributed by atoms with van der Waals surface area (Å²) in [7, 11) is 3.42. The van der Waals surface area contributed by atoms with Gasteiger partial charge in [-0.2, -0.15) is 0 Å².